The minimum atomic E-state index is -0.589. The van der Waals surface area contributed by atoms with Crippen molar-refractivity contribution in [1.29, 1.82) is 0 Å². The topological polar surface area (TPSA) is 54.5 Å². The molecular weight excluding hydrogens is 194 g/mol. The molecule has 1 aliphatic heterocycles. The van der Waals surface area contributed by atoms with Crippen LogP contribution in [0.3, 0.4) is 0 Å². The molecule has 0 spiro atoms. The number of carbonyl (C=O) groups is 3. The molecule has 0 saturated heterocycles. The van der Waals surface area contributed by atoms with Gasteiger partial charge in [-0.1, -0.05) is 18.2 Å². The summed E-state index contributed by atoms with van der Waals surface area (Å²) in [6, 6.07) is 8.21. The molecule has 1 heterocycles. The second-order valence-electron chi connectivity index (χ2n) is 3.02. The number of hydrogen-bond acceptors (Lipinski definition) is 3. The summed E-state index contributed by atoms with van der Waals surface area (Å²) in [7, 11) is 0. The van der Waals surface area contributed by atoms with E-state index in [9.17, 15) is 14.4 Å². The molecule has 4 nitrogen and oxygen atoms in total. The molecule has 0 atom stereocenters. The first-order valence-corrected chi connectivity index (χ1v) is 4.35. The van der Waals surface area contributed by atoms with Gasteiger partial charge in [-0.15, -0.1) is 0 Å². The van der Waals surface area contributed by atoms with Crippen LogP contribution < -0.4 is 0 Å². The van der Waals surface area contributed by atoms with Crippen molar-refractivity contribution in [2.45, 2.75) is 0 Å². The highest BCUT2D eigenvalue weighted by Crippen LogP contribution is 2.10. The molecule has 0 fully saturated rings. The number of rotatable bonds is 1. The maximum absolute atomic E-state index is 11.7. The van der Waals surface area contributed by atoms with Gasteiger partial charge in [-0.05, 0) is 12.1 Å². The van der Waals surface area contributed by atoms with Crippen molar-refractivity contribution in [3.05, 3.63) is 48.0 Å². The van der Waals surface area contributed by atoms with Gasteiger partial charge in [-0.3, -0.25) is 14.4 Å². The third-order valence-electron chi connectivity index (χ3n) is 2.03. The Morgan fingerprint density at radius 3 is 2.00 bits per heavy atom. The Hall–Kier alpha value is -2.23. The Balaban J connectivity index is 2.30. The Labute approximate surface area is 85.8 Å². The van der Waals surface area contributed by atoms with Crippen LogP contribution in [-0.4, -0.2) is 22.6 Å². The van der Waals surface area contributed by atoms with E-state index in [0.717, 1.165) is 12.2 Å². The average Bonchev–Trinajstić information content (AvgIpc) is 2.59. The molecule has 15 heavy (non-hydrogen) atoms. The fraction of sp³-hybridized carbons (Fsp3) is 0. The maximum Gasteiger partial charge on any atom is 0.267 e. The number of nitrogens with zero attached hydrogens (tertiary/aromatic N) is 1. The first-order chi connectivity index (χ1) is 7.20. The van der Waals surface area contributed by atoms with Crippen LogP contribution in [0.4, 0.5) is 0 Å². The molecule has 2 rings (SSSR count). The van der Waals surface area contributed by atoms with Crippen molar-refractivity contribution in [2.24, 2.45) is 0 Å². The highest BCUT2D eigenvalue weighted by molar-refractivity contribution is 6.25. The third kappa shape index (κ3) is 1.57. The smallest absolute Gasteiger partial charge is 0.267 e. The van der Waals surface area contributed by atoms with Crippen molar-refractivity contribution < 1.29 is 14.4 Å². The van der Waals surface area contributed by atoms with E-state index in [1.54, 1.807) is 30.3 Å². The molecule has 0 aliphatic carbocycles. The average molecular weight is 201 g/mol. The van der Waals surface area contributed by atoms with Crippen molar-refractivity contribution in [3.63, 3.8) is 0 Å². The molecule has 0 N–H and O–H groups in total. The summed E-state index contributed by atoms with van der Waals surface area (Å²) < 4.78 is 0. The Kier molecular flexibility index (Phi) is 2.17. The van der Waals surface area contributed by atoms with E-state index in [1.807, 2.05) is 0 Å². The lowest BCUT2D eigenvalue weighted by atomic mass is 10.2. The second-order valence-corrected chi connectivity index (χ2v) is 3.02. The zero-order valence-corrected chi connectivity index (χ0v) is 7.71. The summed E-state index contributed by atoms with van der Waals surface area (Å²) in [6.45, 7) is 0. The Morgan fingerprint density at radius 2 is 1.47 bits per heavy atom. The molecule has 0 aromatic heterocycles. The fourth-order valence-corrected chi connectivity index (χ4v) is 1.31. The van der Waals surface area contributed by atoms with Gasteiger partial charge >= 0.3 is 0 Å². The van der Waals surface area contributed by atoms with Gasteiger partial charge in [-0.2, -0.15) is 0 Å². The van der Waals surface area contributed by atoms with Crippen LogP contribution in [0.25, 0.3) is 0 Å². The number of amides is 3. The fourth-order valence-electron chi connectivity index (χ4n) is 1.31. The lowest BCUT2D eigenvalue weighted by molar-refractivity contribution is -0.133. The third-order valence-corrected chi connectivity index (χ3v) is 2.03. The van der Waals surface area contributed by atoms with E-state index in [4.69, 9.17) is 0 Å². The summed E-state index contributed by atoms with van der Waals surface area (Å²) in [5, 5.41) is 0. The van der Waals surface area contributed by atoms with Gasteiger partial charge < -0.3 is 0 Å². The van der Waals surface area contributed by atoms with Crippen molar-refractivity contribution in [1.82, 2.24) is 4.90 Å². The van der Waals surface area contributed by atoms with Gasteiger partial charge in [0, 0.05) is 17.7 Å². The van der Waals surface area contributed by atoms with Crippen molar-refractivity contribution >= 4 is 17.7 Å². The zero-order chi connectivity index (χ0) is 10.8. The Bertz CT molecular complexity index is 444. The summed E-state index contributed by atoms with van der Waals surface area (Å²) in [6.07, 6.45) is 2.17. The highest BCUT2D eigenvalue weighted by Gasteiger charge is 2.30. The highest BCUT2D eigenvalue weighted by atomic mass is 16.2. The normalized spacial score (nSPS) is 14.8. The number of carbonyl (C=O) groups excluding carboxylic acids is 3. The molecule has 1 aliphatic rings. The van der Waals surface area contributed by atoms with Crippen LogP contribution in [0.1, 0.15) is 10.4 Å². The van der Waals surface area contributed by atoms with E-state index in [1.165, 1.54) is 0 Å². The summed E-state index contributed by atoms with van der Waals surface area (Å²) in [4.78, 5) is 34.7. The van der Waals surface area contributed by atoms with Gasteiger partial charge in [0.2, 0.25) is 0 Å². The predicted octanol–water partition coefficient (Wildman–Crippen LogP) is 0.752. The molecule has 1 aromatic rings. The van der Waals surface area contributed by atoms with Gasteiger partial charge in [0.25, 0.3) is 17.7 Å². The monoisotopic (exact) mass is 201 g/mol. The SMILES string of the molecule is O=C1C=CC(=O)N1C(=O)c1ccccc1. The van der Waals surface area contributed by atoms with E-state index >= 15 is 0 Å². The molecular formula is C11H7NO3. The van der Waals surface area contributed by atoms with Crippen LogP contribution >= 0.6 is 0 Å². The molecule has 74 valence electrons. The first-order valence-electron chi connectivity index (χ1n) is 4.35. The van der Waals surface area contributed by atoms with Gasteiger partial charge in [0.05, 0.1) is 0 Å². The summed E-state index contributed by atoms with van der Waals surface area (Å²) >= 11 is 0. The Morgan fingerprint density at radius 1 is 0.933 bits per heavy atom. The minimum absolute atomic E-state index is 0.322. The van der Waals surface area contributed by atoms with E-state index in [2.05, 4.69) is 0 Å². The zero-order valence-electron chi connectivity index (χ0n) is 7.71. The molecule has 1 aromatic carbocycles. The first kappa shape index (κ1) is 9.33. The molecule has 0 radical (unpaired) electrons. The molecule has 0 saturated carbocycles. The number of hydrogen-bond donors (Lipinski definition) is 0. The quantitative estimate of drug-likeness (QED) is 0.630. The van der Waals surface area contributed by atoms with Crippen LogP contribution in [-0.2, 0) is 9.59 Å². The van der Waals surface area contributed by atoms with Crippen LogP contribution in [0.2, 0.25) is 0 Å². The van der Waals surface area contributed by atoms with Crippen molar-refractivity contribution in [3.8, 4) is 0 Å². The van der Waals surface area contributed by atoms with Gasteiger partial charge in [0.1, 0.15) is 0 Å². The minimum Gasteiger partial charge on any atom is -0.269 e. The van der Waals surface area contributed by atoms with Gasteiger partial charge in [0.15, 0.2) is 0 Å². The van der Waals surface area contributed by atoms with Crippen molar-refractivity contribution in [2.75, 3.05) is 0 Å². The predicted molar refractivity (Wildman–Crippen MR) is 51.8 cm³/mol. The van der Waals surface area contributed by atoms with E-state index in [0.29, 0.717) is 10.5 Å². The number of imide groups is 3. The van der Waals surface area contributed by atoms with Crippen LogP contribution in [0.15, 0.2) is 42.5 Å². The van der Waals surface area contributed by atoms with E-state index < -0.39 is 17.7 Å². The van der Waals surface area contributed by atoms with E-state index in [-0.39, 0.29) is 0 Å². The summed E-state index contributed by atoms with van der Waals surface area (Å²) in [5.41, 5.74) is 0.322. The standard InChI is InChI=1S/C11H7NO3/c13-9-6-7-10(14)12(9)11(15)8-4-2-1-3-5-8/h1-7H. The largest absolute Gasteiger partial charge is 0.269 e. The number of benzene rings is 1. The molecule has 0 unspecified atom stereocenters. The lowest BCUT2D eigenvalue weighted by Crippen LogP contribution is -2.36. The van der Waals surface area contributed by atoms with Gasteiger partial charge in [-0.25, -0.2) is 4.90 Å². The lowest BCUT2D eigenvalue weighted by Gasteiger charge is -2.11. The molecule has 0 bridgehead atoms. The maximum atomic E-state index is 11.7. The summed E-state index contributed by atoms with van der Waals surface area (Å²) in [5.74, 6) is -1.77. The molecule has 4 heteroatoms. The van der Waals surface area contributed by atoms with Crippen LogP contribution in [0.5, 0.6) is 0 Å². The molecule has 3 amide bonds. The van der Waals surface area contributed by atoms with Crippen LogP contribution in [0, 0.1) is 0 Å². The second kappa shape index (κ2) is 3.49.